The number of rotatable bonds is 17. The average Bonchev–Trinajstić information content (AvgIpc) is 3.97. The molecule has 3 aliphatic rings. The van der Waals surface area contributed by atoms with Crippen LogP contribution < -0.4 is 14.5 Å². The van der Waals surface area contributed by atoms with Gasteiger partial charge in [0, 0.05) is 70.6 Å². The molecule has 296 valence electrons. The molecule has 11 heteroatoms. The second kappa shape index (κ2) is 18.1. The zero-order valence-corrected chi connectivity index (χ0v) is 33.4. The Bertz CT molecular complexity index is 1600. The molecule has 2 aromatic carbocycles. The number of ether oxygens (including phenoxy) is 4. The summed E-state index contributed by atoms with van der Waals surface area (Å²) in [6, 6.07) is 15.9. The summed E-state index contributed by atoms with van der Waals surface area (Å²) in [6.45, 7) is 13.6. The molecular weight excluding hydrogens is 686 g/mol. The minimum Gasteiger partial charge on any atom is -0.476 e. The largest absolute Gasteiger partial charge is 0.476 e. The van der Waals surface area contributed by atoms with E-state index in [1.807, 2.05) is 69.0 Å². The van der Waals surface area contributed by atoms with Gasteiger partial charge in [0.1, 0.15) is 17.1 Å². The van der Waals surface area contributed by atoms with Crippen molar-refractivity contribution < 1.29 is 38.1 Å². The van der Waals surface area contributed by atoms with Gasteiger partial charge in [-0.3, -0.25) is 14.4 Å². The summed E-state index contributed by atoms with van der Waals surface area (Å²) in [5.74, 6) is -0.458. The third-order valence-electron chi connectivity index (χ3n) is 10.5. The monoisotopic (exact) mass is 747 g/mol. The van der Waals surface area contributed by atoms with E-state index in [0.29, 0.717) is 69.2 Å². The number of hydrogen-bond acceptors (Lipinski definition) is 8. The van der Waals surface area contributed by atoms with Crippen LogP contribution in [0, 0.1) is 11.8 Å². The fourth-order valence-corrected chi connectivity index (χ4v) is 7.63. The molecule has 1 saturated carbocycles. The van der Waals surface area contributed by atoms with Crippen LogP contribution in [0.1, 0.15) is 104 Å². The number of anilines is 2. The highest BCUT2D eigenvalue weighted by Crippen LogP contribution is 2.43. The minimum absolute atomic E-state index is 0.00759. The SMILES string of the molecule is CCOCCC(CCCC(=O)[C@H]1C[C@@H](C(=O)N(c2ccc3c(c2)N(CCCOC)C(=O)C(C)(C)O3)C2CC2)CN(C(=O)OC(C)(C)C)C1)c1ccccc1. The number of amides is 3. The Hall–Kier alpha value is -3.96. The van der Waals surface area contributed by atoms with Crippen molar-refractivity contribution in [3.8, 4) is 5.75 Å². The van der Waals surface area contributed by atoms with E-state index in [-0.39, 0.29) is 42.6 Å². The third-order valence-corrected chi connectivity index (χ3v) is 10.5. The van der Waals surface area contributed by atoms with Gasteiger partial charge in [-0.2, -0.15) is 0 Å². The number of fused-ring (bicyclic) bond motifs is 1. The van der Waals surface area contributed by atoms with Crippen molar-refractivity contribution in [2.45, 2.75) is 116 Å². The van der Waals surface area contributed by atoms with Crippen LogP contribution in [0.4, 0.5) is 16.2 Å². The third kappa shape index (κ3) is 10.6. The number of carbonyl (C=O) groups is 4. The fourth-order valence-electron chi connectivity index (χ4n) is 7.63. The van der Waals surface area contributed by atoms with Crippen molar-refractivity contribution in [3.05, 3.63) is 54.1 Å². The molecule has 3 amide bonds. The van der Waals surface area contributed by atoms with Crippen LogP contribution in [0.25, 0.3) is 0 Å². The van der Waals surface area contributed by atoms with Crippen molar-refractivity contribution in [1.82, 2.24) is 4.90 Å². The summed E-state index contributed by atoms with van der Waals surface area (Å²) in [5, 5.41) is 0. The number of carbonyl (C=O) groups excluding carboxylic acids is 4. The van der Waals surface area contributed by atoms with Crippen molar-refractivity contribution in [2.24, 2.45) is 11.8 Å². The summed E-state index contributed by atoms with van der Waals surface area (Å²) in [4.78, 5) is 60.9. The number of likely N-dealkylation sites (tertiary alicyclic amines) is 1. The Balaban J connectivity index is 1.36. The maximum absolute atomic E-state index is 14.7. The Labute approximate surface area is 321 Å². The number of benzene rings is 2. The van der Waals surface area contributed by atoms with Gasteiger partial charge in [-0.05, 0) is 116 Å². The second-order valence-corrected chi connectivity index (χ2v) is 16.5. The van der Waals surface area contributed by atoms with Gasteiger partial charge in [0.15, 0.2) is 5.60 Å². The maximum Gasteiger partial charge on any atom is 0.410 e. The van der Waals surface area contributed by atoms with Crippen molar-refractivity contribution in [2.75, 3.05) is 56.4 Å². The fraction of sp³-hybridized carbons (Fsp3) is 0.628. The van der Waals surface area contributed by atoms with Gasteiger partial charge in [0.2, 0.25) is 5.91 Å². The lowest BCUT2D eigenvalue weighted by molar-refractivity contribution is -0.132. The van der Waals surface area contributed by atoms with Crippen LogP contribution in [-0.2, 0) is 28.6 Å². The molecule has 1 saturated heterocycles. The molecule has 0 radical (unpaired) electrons. The number of ketones is 1. The van der Waals surface area contributed by atoms with Crippen LogP contribution in [0.15, 0.2) is 48.5 Å². The van der Waals surface area contributed by atoms with E-state index in [9.17, 15) is 19.2 Å². The zero-order chi connectivity index (χ0) is 39.0. The minimum atomic E-state index is -1.03. The summed E-state index contributed by atoms with van der Waals surface area (Å²) in [6.07, 6.45) is 4.96. The molecule has 3 atom stereocenters. The Morgan fingerprint density at radius 2 is 1.70 bits per heavy atom. The van der Waals surface area contributed by atoms with Crippen LogP contribution in [0.3, 0.4) is 0 Å². The predicted molar refractivity (Wildman–Crippen MR) is 209 cm³/mol. The van der Waals surface area contributed by atoms with E-state index in [1.165, 1.54) is 5.56 Å². The first-order valence-corrected chi connectivity index (χ1v) is 19.8. The molecule has 0 aromatic heterocycles. The van der Waals surface area contributed by atoms with Crippen molar-refractivity contribution >= 4 is 35.1 Å². The maximum atomic E-state index is 14.7. The standard InChI is InChI=1S/C43H61N3O8/c1-8-52-25-22-31(30-14-10-9-11-15-30)16-12-17-37(47)32-26-33(29-44(28-32)41(50)54-42(2,3)4)39(48)46(34-18-19-34)35-20-21-38-36(27-35)45(23-13-24-51-7)40(49)43(5,6)53-38/h9-11,14-15,20-21,27,31-34H,8,12-13,16-19,22-26,28-29H2,1-7H3/t31?,32-,33+/m0/s1. The average molecular weight is 748 g/mol. The van der Waals surface area contributed by atoms with Crippen molar-refractivity contribution in [3.63, 3.8) is 0 Å². The van der Waals surface area contributed by atoms with Gasteiger partial charge in [-0.25, -0.2) is 4.79 Å². The lowest BCUT2D eigenvalue weighted by Gasteiger charge is -2.40. The first-order valence-electron chi connectivity index (χ1n) is 19.8. The molecule has 2 heterocycles. The number of Topliss-reactive ketones (excluding diaryl/α,β-unsaturated/α-hetero) is 1. The van der Waals surface area contributed by atoms with E-state index in [4.69, 9.17) is 18.9 Å². The van der Waals surface area contributed by atoms with Gasteiger partial charge in [-0.1, -0.05) is 30.3 Å². The van der Waals surface area contributed by atoms with Crippen LogP contribution in [0.2, 0.25) is 0 Å². The summed E-state index contributed by atoms with van der Waals surface area (Å²) in [7, 11) is 1.64. The number of piperidine rings is 1. The molecule has 0 N–H and O–H groups in total. The molecule has 11 nitrogen and oxygen atoms in total. The summed E-state index contributed by atoms with van der Waals surface area (Å²) in [5.41, 5.74) is 0.769. The Morgan fingerprint density at radius 1 is 0.981 bits per heavy atom. The smallest absolute Gasteiger partial charge is 0.410 e. The van der Waals surface area contributed by atoms with Gasteiger partial charge in [0.05, 0.1) is 11.6 Å². The number of hydrogen-bond donors (Lipinski definition) is 0. The normalized spacial score (nSPS) is 20.2. The molecule has 1 unspecified atom stereocenters. The van der Waals surface area contributed by atoms with E-state index in [2.05, 4.69) is 12.1 Å². The molecule has 0 spiro atoms. The number of methoxy groups -OCH3 is 1. The molecular formula is C43H61N3O8. The summed E-state index contributed by atoms with van der Waals surface area (Å²) < 4.78 is 22.8. The Kier molecular flexibility index (Phi) is 13.8. The van der Waals surface area contributed by atoms with E-state index in [0.717, 1.165) is 25.7 Å². The molecule has 2 aliphatic heterocycles. The quantitative estimate of drug-likeness (QED) is 0.153. The topological polar surface area (TPSA) is 115 Å². The molecule has 0 bridgehead atoms. The second-order valence-electron chi connectivity index (χ2n) is 16.5. The molecule has 54 heavy (non-hydrogen) atoms. The molecule has 2 fully saturated rings. The van der Waals surface area contributed by atoms with Crippen LogP contribution in [-0.4, -0.2) is 92.4 Å². The van der Waals surface area contributed by atoms with Gasteiger partial charge in [-0.15, -0.1) is 0 Å². The van der Waals surface area contributed by atoms with Gasteiger partial charge < -0.3 is 33.6 Å². The lowest BCUT2D eigenvalue weighted by Crippen LogP contribution is -2.53. The first kappa shape index (κ1) is 41.2. The molecule has 2 aromatic rings. The molecule has 1 aliphatic carbocycles. The van der Waals surface area contributed by atoms with Gasteiger partial charge in [0.25, 0.3) is 5.91 Å². The van der Waals surface area contributed by atoms with E-state index in [1.54, 1.807) is 30.8 Å². The van der Waals surface area contributed by atoms with Crippen molar-refractivity contribution in [1.29, 1.82) is 0 Å². The van der Waals surface area contributed by atoms with E-state index >= 15 is 0 Å². The summed E-state index contributed by atoms with van der Waals surface area (Å²) >= 11 is 0. The van der Waals surface area contributed by atoms with E-state index < -0.39 is 29.1 Å². The highest BCUT2D eigenvalue weighted by molar-refractivity contribution is 6.04. The van der Waals surface area contributed by atoms with Gasteiger partial charge >= 0.3 is 6.09 Å². The highest BCUT2D eigenvalue weighted by Gasteiger charge is 2.45. The first-order chi connectivity index (χ1) is 25.7. The zero-order valence-electron chi connectivity index (χ0n) is 33.4. The number of nitrogens with zero attached hydrogens (tertiary/aromatic N) is 3. The Morgan fingerprint density at radius 3 is 2.37 bits per heavy atom. The van der Waals surface area contributed by atoms with Crippen LogP contribution in [0.5, 0.6) is 5.75 Å². The highest BCUT2D eigenvalue weighted by atomic mass is 16.6. The van der Waals surface area contributed by atoms with Crippen LogP contribution >= 0.6 is 0 Å². The predicted octanol–water partition coefficient (Wildman–Crippen LogP) is 7.55. The lowest BCUT2D eigenvalue weighted by atomic mass is 9.83. The molecule has 5 rings (SSSR count).